The molecule has 2 aliphatic rings. The minimum Gasteiger partial charge on any atom is -0.462 e. The van der Waals surface area contributed by atoms with Crippen LogP contribution in [-0.4, -0.2) is 33.8 Å². The summed E-state index contributed by atoms with van der Waals surface area (Å²) in [6.07, 6.45) is 0.720. The van der Waals surface area contributed by atoms with Crippen LogP contribution in [0.1, 0.15) is 45.7 Å². The molecule has 0 saturated carbocycles. The fraction of sp³-hybridized carbons (Fsp3) is 0.450. The maximum Gasteiger partial charge on any atom is 0.338 e. The van der Waals surface area contributed by atoms with Gasteiger partial charge in [0, 0.05) is 4.47 Å². The van der Waals surface area contributed by atoms with Gasteiger partial charge in [-0.05, 0) is 37.0 Å². The maximum absolute atomic E-state index is 13.0. The van der Waals surface area contributed by atoms with Gasteiger partial charge in [0.1, 0.15) is 0 Å². The number of hydrogen-bond acceptors (Lipinski definition) is 5. The Morgan fingerprint density at radius 2 is 2.00 bits per heavy atom. The van der Waals surface area contributed by atoms with E-state index in [9.17, 15) is 9.59 Å². The number of amidine groups is 1. The quantitative estimate of drug-likeness (QED) is 0.610. The molecule has 2 heterocycles. The third kappa shape index (κ3) is 3.99. The predicted octanol–water partition coefficient (Wildman–Crippen LogP) is 4.69. The Balaban J connectivity index is 2.06. The number of carbonyl (C=O) groups excluding carboxylic acids is 2. The van der Waals surface area contributed by atoms with E-state index in [0.717, 1.165) is 16.5 Å². The normalized spacial score (nSPS) is 22.2. The standard InChI is InChI=1S/C20H23BrN2O3S/c1-5-15-18(24)23-17(13-6-8-14(21)9-7-13)16(12(4)22-20(23)27-15)19(25)26-10-11(2)3/h6-9,11,15,17H,5,10H2,1-4H3/t15-,17+/m0/s1. The average molecular weight is 451 g/mol. The fourth-order valence-corrected chi connectivity index (χ4v) is 4.53. The van der Waals surface area contributed by atoms with Crippen LogP contribution in [0.25, 0.3) is 0 Å². The zero-order valence-electron chi connectivity index (χ0n) is 15.9. The topological polar surface area (TPSA) is 59.0 Å². The van der Waals surface area contributed by atoms with Gasteiger partial charge in [0.15, 0.2) is 5.17 Å². The van der Waals surface area contributed by atoms with Gasteiger partial charge in [-0.25, -0.2) is 9.79 Å². The molecule has 2 aliphatic heterocycles. The third-order valence-electron chi connectivity index (χ3n) is 4.48. The Morgan fingerprint density at radius 1 is 1.33 bits per heavy atom. The van der Waals surface area contributed by atoms with Crippen LogP contribution in [0.15, 0.2) is 45.0 Å². The summed E-state index contributed by atoms with van der Waals surface area (Å²) < 4.78 is 6.44. The van der Waals surface area contributed by atoms with Crippen molar-refractivity contribution in [3.8, 4) is 0 Å². The molecule has 2 atom stereocenters. The molecule has 0 spiro atoms. The number of aliphatic imine (C=N–C) groups is 1. The highest BCUT2D eigenvalue weighted by atomic mass is 79.9. The molecule has 5 nitrogen and oxygen atoms in total. The first kappa shape index (κ1) is 20.1. The first-order valence-electron chi connectivity index (χ1n) is 9.05. The number of benzene rings is 1. The Kier molecular flexibility index (Phi) is 6.11. The van der Waals surface area contributed by atoms with E-state index in [4.69, 9.17) is 4.74 Å². The van der Waals surface area contributed by atoms with E-state index < -0.39 is 12.0 Å². The van der Waals surface area contributed by atoms with Crippen molar-refractivity contribution in [1.82, 2.24) is 4.90 Å². The third-order valence-corrected chi connectivity index (χ3v) is 6.32. The Morgan fingerprint density at radius 3 is 2.59 bits per heavy atom. The SMILES string of the molecule is CC[C@@H]1SC2=NC(C)=C(C(=O)OCC(C)C)[C@@H](c3ccc(Br)cc3)N2C1=O. The number of amides is 1. The van der Waals surface area contributed by atoms with Gasteiger partial charge < -0.3 is 4.74 Å². The molecule has 0 unspecified atom stereocenters. The summed E-state index contributed by atoms with van der Waals surface area (Å²) in [6.45, 7) is 8.11. The van der Waals surface area contributed by atoms with Crippen LogP contribution in [0.4, 0.5) is 0 Å². The number of ether oxygens (including phenoxy) is 1. The lowest BCUT2D eigenvalue weighted by Gasteiger charge is -2.33. The number of hydrogen-bond donors (Lipinski definition) is 0. The summed E-state index contributed by atoms with van der Waals surface area (Å²) in [5.74, 6) is -0.178. The molecule has 1 aromatic carbocycles. The fourth-order valence-electron chi connectivity index (χ4n) is 3.13. The van der Waals surface area contributed by atoms with Crippen molar-refractivity contribution < 1.29 is 14.3 Å². The van der Waals surface area contributed by atoms with Gasteiger partial charge in [-0.15, -0.1) is 0 Å². The molecule has 1 saturated heterocycles. The summed E-state index contributed by atoms with van der Waals surface area (Å²) in [4.78, 5) is 32.1. The van der Waals surface area contributed by atoms with Crippen LogP contribution in [0, 0.1) is 5.92 Å². The van der Waals surface area contributed by atoms with Crippen LogP contribution in [0.3, 0.4) is 0 Å². The highest BCUT2D eigenvalue weighted by Gasteiger charge is 2.47. The summed E-state index contributed by atoms with van der Waals surface area (Å²) >= 11 is 4.91. The van der Waals surface area contributed by atoms with Gasteiger partial charge in [0.2, 0.25) is 5.91 Å². The first-order chi connectivity index (χ1) is 12.8. The first-order valence-corrected chi connectivity index (χ1v) is 10.7. The monoisotopic (exact) mass is 450 g/mol. The van der Waals surface area contributed by atoms with Gasteiger partial charge in [-0.3, -0.25) is 9.69 Å². The Labute approximate surface area is 172 Å². The summed E-state index contributed by atoms with van der Waals surface area (Å²) in [7, 11) is 0. The number of allylic oxidation sites excluding steroid dienone is 1. The molecular weight excluding hydrogens is 428 g/mol. The summed E-state index contributed by atoms with van der Waals surface area (Å²) in [6, 6.07) is 7.17. The number of halogens is 1. The summed E-state index contributed by atoms with van der Waals surface area (Å²) in [5.41, 5.74) is 1.92. The van der Waals surface area contributed by atoms with Gasteiger partial charge >= 0.3 is 5.97 Å². The Hall–Kier alpha value is -1.60. The zero-order chi connectivity index (χ0) is 19.7. The number of carbonyl (C=O) groups is 2. The van der Waals surface area contributed by atoms with E-state index in [-0.39, 0.29) is 17.1 Å². The van der Waals surface area contributed by atoms with E-state index >= 15 is 0 Å². The molecule has 3 rings (SSSR count). The van der Waals surface area contributed by atoms with Crippen LogP contribution in [0.2, 0.25) is 0 Å². The average Bonchev–Trinajstić information content (AvgIpc) is 2.94. The minimum atomic E-state index is -0.512. The van der Waals surface area contributed by atoms with E-state index in [2.05, 4.69) is 20.9 Å². The molecule has 144 valence electrons. The van der Waals surface area contributed by atoms with Crippen molar-refractivity contribution in [2.24, 2.45) is 10.9 Å². The van der Waals surface area contributed by atoms with Crippen molar-refractivity contribution >= 4 is 44.7 Å². The molecule has 7 heteroatoms. The second-order valence-corrected chi connectivity index (χ2v) is 9.15. The van der Waals surface area contributed by atoms with Crippen LogP contribution in [-0.2, 0) is 14.3 Å². The van der Waals surface area contributed by atoms with E-state index in [1.807, 2.05) is 52.0 Å². The zero-order valence-corrected chi connectivity index (χ0v) is 18.3. The number of nitrogens with zero attached hydrogens (tertiary/aromatic N) is 2. The predicted molar refractivity (Wildman–Crippen MR) is 111 cm³/mol. The van der Waals surface area contributed by atoms with E-state index in [1.54, 1.807) is 4.90 Å². The largest absolute Gasteiger partial charge is 0.462 e. The Bertz CT molecular complexity index is 817. The molecule has 0 aliphatic carbocycles. The summed E-state index contributed by atoms with van der Waals surface area (Å²) in [5, 5.41) is 0.498. The highest BCUT2D eigenvalue weighted by Crippen LogP contribution is 2.44. The minimum absolute atomic E-state index is 0.00386. The lowest BCUT2D eigenvalue weighted by Crippen LogP contribution is -2.40. The van der Waals surface area contributed by atoms with Gasteiger partial charge in [0.25, 0.3) is 0 Å². The molecular formula is C20H23BrN2O3S. The molecule has 0 radical (unpaired) electrons. The molecule has 0 aromatic heterocycles. The van der Waals surface area contributed by atoms with Gasteiger partial charge in [0.05, 0.1) is 29.2 Å². The number of thioether (sulfide) groups is 1. The number of rotatable bonds is 5. The molecule has 0 bridgehead atoms. The molecule has 1 aromatic rings. The van der Waals surface area contributed by atoms with Gasteiger partial charge in [-0.1, -0.05) is 60.6 Å². The lowest BCUT2D eigenvalue weighted by atomic mass is 9.94. The van der Waals surface area contributed by atoms with Crippen molar-refractivity contribution in [1.29, 1.82) is 0 Å². The van der Waals surface area contributed by atoms with Crippen LogP contribution >= 0.6 is 27.7 Å². The number of fused-ring (bicyclic) bond motifs is 1. The van der Waals surface area contributed by atoms with E-state index in [0.29, 0.717) is 23.0 Å². The van der Waals surface area contributed by atoms with E-state index in [1.165, 1.54) is 11.8 Å². The van der Waals surface area contributed by atoms with Crippen molar-refractivity contribution in [2.75, 3.05) is 6.61 Å². The maximum atomic E-state index is 13.0. The smallest absolute Gasteiger partial charge is 0.338 e. The second kappa shape index (κ2) is 8.19. The molecule has 0 N–H and O–H groups in total. The van der Waals surface area contributed by atoms with Gasteiger partial charge in [-0.2, -0.15) is 0 Å². The lowest BCUT2D eigenvalue weighted by molar-refractivity contribution is -0.141. The van der Waals surface area contributed by atoms with Crippen molar-refractivity contribution in [3.05, 3.63) is 45.6 Å². The number of esters is 1. The second-order valence-electron chi connectivity index (χ2n) is 7.06. The molecule has 27 heavy (non-hydrogen) atoms. The van der Waals surface area contributed by atoms with Crippen molar-refractivity contribution in [2.45, 2.75) is 45.4 Å². The molecule has 1 amide bonds. The molecule has 1 fully saturated rings. The van der Waals surface area contributed by atoms with Crippen LogP contribution < -0.4 is 0 Å². The highest BCUT2D eigenvalue weighted by molar-refractivity contribution is 9.10. The van der Waals surface area contributed by atoms with Crippen LogP contribution in [0.5, 0.6) is 0 Å². The van der Waals surface area contributed by atoms with Crippen molar-refractivity contribution in [3.63, 3.8) is 0 Å².